The van der Waals surface area contributed by atoms with Gasteiger partial charge in [-0.2, -0.15) is 0 Å². The van der Waals surface area contributed by atoms with E-state index in [1.165, 1.54) is 10.4 Å². The Bertz CT molecular complexity index is 1390. The maximum absolute atomic E-state index is 13.6. The molecule has 0 spiro atoms. The molecule has 0 N–H and O–H groups in total. The van der Waals surface area contributed by atoms with E-state index in [1.54, 1.807) is 31.6 Å². The highest BCUT2D eigenvalue weighted by Crippen LogP contribution is 2.41. The van der Waals surface area contributed by atoms with Crippen LogP contribution in [0.25, 0.3) is 11.0 Å². The zero-order chi connectivity index (χ0) is 23.8. The maximum Gasteiger partial charge on any atom is 0.247 e. The Kier molecular flexibility index (Phi) is 5.87. The van der Waals surface area contributed by atoms with Gasteiger partial charge in [-0.25, -0.2) is 4.98 Å². The van der Waals surface area contributed by atoms with Crippen molar-refractivity contribution in [1.29, 1.82) is 0 Å². The monoisotopic (exact) mass is 473 g/mol. The molecule has 3 heterocycles. The van der Waals surface area contributed by atoms with E-state index in [9.17, 15) is 4.79 Å². The van der Waals surface area contributed by atoms with Gasteiger partial charge in [0.25, 0.3) is 0 Å². The largest absolute Gasteiger partial charge is 0.493 e. The number of aromatic nitrogens is 2. The molecule has 174 valence electrons. The van der Waals surface area contributed by atoms with Crippen LogP contribution in [0.15, 0.2) is 54.7 Å². The lowest BCUT2D eigenvalue weighted by molar-refractivity contribution is -0.127. The van der Waals surface area contributed by atoms with Crippen LogP contribution in [0.2, 0.25) is 0 Å². The fourth-order valence-electron chi connectivity index (χ4n) is 4.71. The van der Waals surface area contributed by atoms with Gasteiger partial charge in [0.15, 0.2) is 16.5 Å². The quantitative estimate of drug-likeness (QED) is 0.373. The summed E-state index contributed by atoms with van der Waals surface area (Å²) in [5.41, 5.74) is 5.15. The van der Waals surface area contributed by atoms with Crippen LogP contribution in [0, 0.1) is 13.8 Å². The van der Waals surface area contributed by atoms with Crippen molar-refractivity contribution in [2.75, 3.05) is 20.8 Å². The average Bonchev–Trinajstić information content (AvgIpc) is 3.35. The third-order valence-electron chi connectivity index (χ3n) is 6.32. The molecule has 0 bridgehead atoms. The molecular formula is C27H27N3O3S. The second-order valence-electron chi connectivity index (χ2n) is 8.41. The number of thiazole rings is 1. The average molecular weight is 474 g/mol. The van der Waals surface area contributed by atoms with E-state index in [0.29, 0.717) is 18.0 Å². The number of fused-ring (bicyclic) bond motifs is 2. The molecular weight excluding hydrogens is 446 g/mol. The molecule has 5 rings (SSSR count). The Hall–Kier alpha value is -3.58. The Balaban J connectivity index is 1.54. The molecule has 0 saturated heterocycles. The molecule has 6 nitrogen and oxygen atoms in total. The Morgan fingerprint density at radius 3 is 2.59 bits per heavy atom. The molecule has 0 fully saturated rings. The van der Waals surface area contributed by atoms with E-state index >= 15 is 0 Å². The van der Waals surface area contributed by atoms with Crippen molar-refractivity contribution in [1.82, 2.24) is 14.3 Å². The summed E-state index contributed by atoms with van der Waals surface area (Å²) in [6, 6.07) is 14.0. The Labute approximate surface area is 203 Å². The zero-order valence-electron chi connectivity index (χ0n) is 19.7. The summed E-state index contributed by atoms with van der Waals surface area (Å²) >= 11 is 1.65. The van der Waals surface area contributed by atoms with Crippen LogP contribution in [0.4, 0.5) is 0 Å². The zero-order valence-corrected chi connectivity index (χ0v) is 20.6. The SMILES string of the molecule is COc1cc2c(cc1OC)C(c1ccccc1)N(C(=O)/C=C/c1c(C)nc3sc(C)cn13)CC2. The van der Waals surface area contributed by atoms with Crippen LogP contribution < -0.4 is 9.47 Å². The van der Waals surface area contributed by atoms with Crippen molar-refractivity contribution in [2.45, 2.75) is 26.3 Å². The minimum absolute atomic E-state index is 0.0319. The first-order valence-electron chi connectivity index (χ1n) is 11.2. The topological polar surface area (TPSA) is 56.1 Å². The van der Waals surface area contributed by atoms with Gasteiger partial charge in [-0.1, -0.05) is 30.3 Å². The smallest absolute Gasteiger partial charge is 0.247 e. The van der Waals surface area contributed by atoms with Crippen LogP contribution in [0.1, 0.15) is 39.0 Å². The van der Waals surface area contributed by atoms with Gasteiger partial charge in [-0.15, -0.1) is 11.3 Å². The number of nitrogens with zero attached hydrogens (tertiary/aromatic N) is 3. The van der Waals surface area contributed by atoms with Gasteiger partial charge in [0, 0.05) is 23.7 Å². The van der Waals surface area contributed by atoms with Crippen molar-refractivity contribution >= 4 is 28.3 Å². The number of carbonyl (C=O) groups is 1. The number of hydrogen-bond acceptors (Lipinski definition) is 5. The highest BCUT2D eigenvalue weighted by molar-refractivity contribution is 7.17. The first kappa shape index (κ1) is 22.2. The molecule has 1 unspecified atom stereocenters. The van der Waals surface area contributed by atoms with Crippen LogP contribution >= 0.6 is 11.3 Å². The molecule has 0 saturated carbocycles. The lowest BCUT2D eigenvalue weighted by atomic mass is 9.87. The van der Waals surface area contributed by atoms with Crippen molar-refractivity contribution in [3.05, 3.63) is 87.7 Å². The Morgan fingerprint density at radius 1 is 1.12 bits per heavy atom. The van der Waals surface area contributed by atoms with Gasteiger partial charge in [0.05, 0.1) is 31.6 Å². The lowest BCUT2D eigenvalue weighted by Gasteiger charge is -2.37. The molecule has 0 aliphatic carbocycles. The summed E-state index contributed by atoms with van der Waals surface area (Å²) in [5, 5.41) is 0. The first-order valence-corrected chi connectivity index (χ1v) is 12.0. The van der Waals surface area contributed by atoms with E-state index in [2.05, 4.69) is 34.6 Å². The number of carbonyl (C=O) groups excluding carboxylic acids is 1. The van der Waals surface area contributed by atoms with Gasteiger partial charge < -0.3 is 14.4 Å². The number of aryl methyl sites for hydroxylation is 2. The Morgan fingerprint density at radius 2 is 1.85 bits per heavy atom. The van der Waals surface area contributed by atoms with Crippen LogP contribution in [0.3, 0.4) is 0 Å². The molecule has 34 heavy (non-hydrogen) atoms. The van der Waals surface area contributed by atoms with Crippen LogP contribution in [0.5, 0.6) is 11.5 Å². The predicted molar refractivity (Wildman–Crippen MR) is 135 cm³/mol. The number of rotatable bonds is 5. The summed E-state index contributed by atoms with van der Waals surface area (Å²) < 4.78 is 13.2. The standard InChI is InChI=1S/C27H27N3O3S/c1-17-16-30-22(18(2)28-27(30)34-17)10-11-25(31)29-13-12-20-14-23(32-3)24(33-4)15-21(20)26(29)19-8-6-5-7-9-19/h5-11,14-16,26H,12-13H2,1-4H3/b11-10+. The van der Waals surface area contributed by atoms with Gasteiger partial charge in [0.1, 0.15) is 0 Å². The van der Waals surface area contributed by atoms with Crippen molar-refractivity contribution in [3.8, 4) is 11.5 Å². The van der Waals surface area contributed by atoms with Crippen LogP contribution in [-0.4, -0.2) is 41.0 Å². The molecule has 1 atom stereocenters. The van der Waals surface area contributed by atoms with Gasteiger partial charge in [0.2, 0.25) is 5.91 Å². The summed E-state index contributed by atoms with van der Waals surface area (Å²) in [5.74, 6) is 1.34. The number of hydrogen-bond donors (Lipinski definition) is 0. The van der Waals surface area contributed by atoms with Crippen molar-refractivity contribution in [2.24, 2.45) is 0 Å². The molecule has 2 aromatic heterocycles. The van der Waals surface area contributed by atoms with E-state index in [-0.39, 0.29) is 11.9 Å². The number of benzene rings is 2. The van der Waals surface area contributed by atoms with Crippen LogP contribution in [-0.2, 0) is 11.2 Å². The normalized spacial score (nSPS) is 15.6. The molecule has 1 aliphatic heterocycles. The summed E-state index contributed by atoms with van der Waals surface area (Å²) in [6.45, 7) is 4.65. The highest BCUT2D eigenvalue weighted by atomic mass is 32.1. The molecule has 4 aromatic rings. The van der Waals surface area contributed by atoms with E-state index in [4.69, 9.17) is 9.47 Å². The summed E-state index contributed by atoms with van der Waals surface area (Å²) in [4.78, 5) is 22.3. The third-order valence-corrected chi connectivity index (χ3v) is 7.22. The molecule has 2 aromatic carbocycles. The van der Waals surface area contributed by atoms with E-state index < -0.39 is 0 Å². The van der Waals surface area contributed by atoms with Crippen molar-refractivity contribution < 1.29 is 14.3 Å². The second-order valence-corrected chi connectivity index (χ2v) is 9.62. The summed E-state index contributed by atoms with van der Waals surface area (Å²) in [6.07, 6.45) is 6.37. The fourth-order valence-corrected chi connectivity index (χ4v) is 5.58. The third kappa shape index (κ3) is 3.86. The van der Waals surface area contributed by atoms with Crippen molar-refractivity contribution in [3.63, 3.8) is 0 Å². The minimum Gasteiger partial charge on any atom is -0.493 e. The van der Waals surface area contributed by atoms with Gasteiger partial charge in [-0.05, 0) is 55.2 Å². The maximum atomic E-state index is 13.6. The van der Waals surface area contributed by atoms with E-state index in [0.717, 1.165) is 33.9 Å². The molecule has 0 radical (unpaired) electrons. The number of imidazole rings is 1. The first-order chi connectivity index (χ1) is 16.5. The predicted octanol–water partition coefficient (Wildman–Crippen LogP) is 5.22. The number of ether oxygens (including phenoxy) is 2. The highest BCUT2D eigenvalue weighted by Gasteiger charge is 2.32. The number of methoxy groups -OCH3 is 2. The van der Waals surface area contributed by atoms with Gasteiger partial charge >= 0.3 is 0 Å². The summed E-state index contributed by atoms with van der Waals surface area (Å²) in [7, 11) is 3.28. The van der Waals surface area contributed by atoms with Gasteiger partial charge in [-0.3, -0.25) is 9.20 Å². The fraction of sp³-hybridized carbons (Fsp3) is 0.259. The molecule has 7 heteroatoms. The molecule has 1 aliphatic rings. The lowest BCUT2D eigenvalue weighted by Crippen LogP contribution is -2.39. The molecule has 1 amide bonds. The second kappa shape index (κ2) is 8.99. The minimum atomic E-state index is -0.211. The van der Waals surface area contributed by atoms with E-state index in [1.807, 2.05) is 48.2 Å². The number of amides is 1.